The Morgan fingerprint density at radius 2 is 1.16 bits per heavy atom. The van der Waals surface area contributed by atoms with Crippen LogP contribution in [0.15, 0.2) is 206 Å². The second-order valence-electron chi connectivity index (χ2n) is 17.1. The first-order chi connectivity index (χ1) is 32.9. The van der Waals surface area contributed by atoms with Crippen LogP contribution in [0.3, 0.4) is 0 Å². The average Bonchev–Trinajstić information content (AvgIpc) is 3.94. The van der Waals surface area contributed by atoms with E-state index in [1.54, 1.807) is 0 Å². The standard InChI is InChI=1S/C62H47N5/c1-6-14-46-34-45(26-25-43(46)7-2)41(4)67-60-20-13-11-18-58(60)65-62(67)54-37-52(23-21-40(54)3)50-29-27-49-36-51(30-28-48(49)35-50)53-31-32-56(63-5)55(38-53)61-64-57-17-10-12-19-59(57)66(61)39-42-22-24-44-15-8-9-16-47(44)33-42/h6-38H,2,4-5,39H2,1,3H3/b14-6-. The summed E-state index contributed by atoms with van der Waals surface area (Å²) < 4.78 is 4.51. The number of nitrogens with zero attached hydrogens (tertiary/aromatic N) is 5. The summed E-state index contributed by atoms with van der Waals surface area (Å²) in [5.74, 6) is 1.72. The number of hydrogen-bond donors (Lipinski definition) is 0. The van der Waals surface area contributed by atoms with Gasteiger partial charge >= 0.3 is 0 Å². The lowest BCUT2D eigenvalue weighted by Gasteiger charge is -2.16. The van der Waals surface area contributed by atoms with Crippen LogP contribution in [0.1, 0.15) is 34.7 Å². The van der Waals surface area contributed by atoms with Crippen LogP contribution < -0.4 is 0 Å². The Bertz CT molecular complexity index is 3820. The fourth-order valence-corrected chi connectivity index (χ4v) is 9.51. The van der Waals surface area contributed by atoms with Crippen LogP contribution in [0.25, 0.3) is 106 Å². The zero-order chi connectivity index (χ0) is 45.6. The Balaban J connectivity index is 0.943. The third-order valence-electron chi connectivity index (χ3n) is 13.0. The average molecular weight is 862 g/mol. The van der Waals surface area contributed by atoms with Gasteiger partial charge in [0.1, 0.15) is 11.6 Å². The van der Waals surface area contributed by atoms with Crippen molar-refractivity contribution in [3.63, 3.8) is 0 Å². The molecule has 9 aromatic carbocycles. The Morgan fingerprint density at radius 3 is 1.90 bits per heavy atom. The van der Waals surface area contributed by atoms with Crippen molar-refractivity contribution in [1.29, 1.82) is 0 Å². The van der Waals surface area contributed by atoms with E-state index in [4.69, 9.17) is 9.97 Å². The number of aliphatic imine (C=N–C) groups is 1. The molecule has 0 atom stereocenters. The SMILES string of the molecule is C=Cc1ccc(C(=C)n2c(-c3cc(-c4ccc5cc(-c6ccc(N=C)c(-c7nc8ccccc8n7Cc7ccc8ccccc8c7)c6)ccc5c4)ccc3C)nc3ccccc32)cc1/C=C\C. The number of hydrogen-bond acceptors (Lipinski definition) is 3. The summed E-state index contributed by atoms with van der Waals surface area (Å²) in [5.41, 5.74) is 17.6. The van der Waals surface area contributed by atoms with E-state index in [2.05, 4.69) is 223 Å². The number of benzene rings is 9. The molecule has 0 fully saturated rings. The predicted octanol–water partition coefficient (Wildman–Crippen LogP) is 16.2. The van der Waals surface area contributed by atoms with Gasteiger partial charge in [-0.05, 0) is 159 Å². The summed E-state index contributed by atoms with van der Waals surface area (Å²) in [6.45, 7) is 17.5. The van der Waals surface area contributed by atoms with Crippen molar-refractivity contribution in [2.75, 3.05) is 0 Å². The second-order valence-corrected chi connectivity index (χ2v) is 17.1. The van der Waals surface area contributed by atoms with Gasteiger partial charge in [0.15, 0.2) is 0 Å². The first kappa shape index (κ1) is 41.1. The molecule has 0 aliphatic carbocycles. The molecule has 11 rings (SSSR count). The molecule has 11 aromatic rings. The molecule has 2 aromatic heterocycles. The number of aromatic nitrogens is 4. The maximum Gasteiger partial charge on any atom is 0.146 e. The highest BCUT2D eigenvalue weighted by Crippen LogP contribution is 2.39. The zero-order valence-electron chi connectivity index (χ0n) is 37.6. The molecule has 0 aliphatic rings. The Labute approximate surface area is 390 Å². The van der Waals surface area contributed by atoms with Crippen molar-refractivity contribution >= 4 is 73.9 Å². The van der Waals surface area contributed by atoms with Gasteiger partial charge in [-0.1, -0.05) is 147 Å². The quantitative estimate of drug-likeness (QED) is 0.122. The molecule has 0 N–H and O–H groups in total. The molecule has 0 saturated heterocycles. The summed E-state index contributed by atoms with van der Waals surface area (Å²) >= 11 is 0. The van der Waals surface area contributed by atoms with Crippen LogP contribution in [-0.4, -0.2) is 25.8 Å². The Hall–Kier alpha value is -8.67. The van der Waals surface area contributed by atoms with Crippen molar-refractivity contribution in [2.45, 2.75) is 20.4 Å². The first-order valence-corrected chi connectivity index (χ1v) is 22.6. The van der Waals surface area contributed by atoms with Gasteiger partial charge in [0.05, 0.1) is 27.8 Å². The number of para-hydroxylation sites is 4. The summed E-state index contributed by atoms with van der Waals surface area (Å²) in [5, 5.41) is 4.76. The van der Waals surface area contributed by atoms with Crippen molar-refractivity contribution in [3.05, 3.63) is 229 Å². The van der Waals surface area contributed by atoms with E-state index in [1.807, 2.05) is 25.1 Å². The molecule has 0 amide bonds. The van der Waals surface area contributed by atoms with Gasteiger partial charge in [0.2, 0.25) is 0 Å². The van der Waals surface area contributed by atoms with E-state index < -0.39 is 0 Å². The second kappa shape index (κ2) is 17.0. The summed E-state index contributed by atoms with van der Waals surface area (Å²) in [4.78, 5) is 15.0. The fourth-order valence-electron chi connectivity index (χ4n) is 9.51. The zero-order valence-corrected chi connectivity index (χ0v) is 37.6. The molecular formula is C62H47N5. The molecule has 0 radical (unpaired) electrons. The summed E-state index contributed by atoms with van der Waals surface area (Å²) in [6, 6.07) is 64.7. The molecule has 0 unspecified atom stereocenters. The lowest BCUT2D eigenvalue weighted by Crippen LogP contribution is -2.02. The van der Waals surface area contributed by atoms with E-state index in [0.717, 1.165) is 112 Å². The molecule has 5 heteroatoms. The molecule has 320 valence electrons. The largest absolute Gasteiger partial charge is 0.319 e. The van der Waals surface area contributed by atoms with E-state index in [1.165, 1.54) is 16.3 Å². The topological polar surface area (TPSA) is 48.0 Å². The molecule has 2 heterocycles. The van der Waals surface area contributed by atoms with Gasteiger partial charge in [0, 0.05) is 23.4 Å². The minimum Gasteiger partial charge on any atom is -0.319 e. The van der Waals surface area contributed by atoms with Gasteiger partial charge < -0.3 is 4.57 Å². The van der Waals surface area contributed by atoms with Crippen molar-refractivity contribution < 1.29 is 0 Å². The van der Waals surface area contributed by atoms with Crippen molar-refractivity contribution in [2.24, 2.45) is 4.99 Å². The third kappa shape index (κ3) is 7.47. The van der Waals surface area contributed by atoms with E-state index >= 15 is 0 Å². The molecule has 0 bridgehead atoms. The highest BCUT2D eigenvalue weighted by molar-refractivity contribution is 5.94. The van der Waals surface area contributed by atoms with Crippen LogP contribution >= 0.6 is 0 Å². The molecule has 0 aliphatic heterocycles. The van der Waals surface area contributed by atoms with E-state index in [-0.39, 0.29) is 0 Å². The van der Waals surface area contributed by atoms with Crippen LogP contribution in [0, 0.1) is 6.92 Å². The minimum atomic E-state index is 0.667. The molecular weight excluding hydrogens is 815 g/mol. The molecule has 5 nitrogen and oxygen atoms in total. The normalized spacial score (nSPS) is 11.6. The van der Waals surface area contributed by atoms with Gasteiger partial charge in [-0.2, -0.15) is 0 Å². The fraction of sp³-hybridized carbons (Fsp3) is 0.0484. The van der Waals surface area contributed by atoms with Crippen molar-refractivity contribution in [3.8, 4) is 45.0 Å². The van der Waals surface area contributed by atoms with Gasteiger partial charge in [0.25, 0.3) is 0 Å². The lowest BCUT2D eigenvalue weighted by molar-refractivity contribution is 0.836. The Kier molecular flexibility index (Phi) is 10.4. The van der Waals surface area contributed by atoms with Crippen LogP contribution in [0.4, 0.5) is 5.69 Å². The number of rotatable bonds is 11. The van der Waals surface area contributed by atoms with E-state index in [0.29, 0.717) is 6.54 Å². The number of allylic oxidation sites excluding steroid dienone is 1. The lowest BCUT2D eigenvalue weighted by atomic mass is 9.95. The van der Waals surface area contributed by atoms with Gasteiger partial charge in [-0.25, -0.2) is 9.97 Å². The maximum atomic E-state index is 5.24. The molecule has 0 saturated carbocycles. The van der Waals surface area contributed by atoms with Crippen LogP contribution in [0.5, 0.6) is 0 Å². The first-order valence-electron chi connectivity index (χ1n) is 22.6. The smallest absolute Gasteiger partial charge is 0.146 e. The third-order valence-corrected chi connectivity index (χ3v) is 13.0. The van der Waals surface area contributed by atoms with Crippen molar-refractivity contribution in [1.82, 2.24) is 19.1 Å². The van der Waals surface area contributed by atoms with Gasteiger partial charge in [-0.3, -0.25) is 9.56 Å². The maximum absolute atomic E-state index is 5.24. The highest BCUT2D eigenvalue weighted by atomic mass is 15.1. The van der Waals surface area contributed by atoms with E-state index in [9.17, 15) is 0 Å². The minimum absolute atomic E-state index is 0.667. The molecule has 67 heavy (non-hydrogen) atoms. The Morgan fingerprint density at radius 1 is 0.567 bits per heavy atom. The number of imidazole rings is 2. The molecule has 0 spiro atoms. The van der Waals surface area contributed by atoms with Gasteiger partial charge in [-0.15, -0.1) is 0 Å². The van der Waals surface area contributed by atoms with Crippen LogP contribution in [-0.2, 0) is 6.54 Å². The highest BCUT2D eigenvalue weighted by Gasteiger charge is 2.20. The predicted molar refractivity (Wildman–Crippen MR) is 285 cm³/mol. The monoisotopic (exact) mass is 861 g/mol. The number of fused-ring (bicyclic) bond motifs is 4. The summed E-state index contributed by atoms with van der Waals surface area (Å²) in [6.07, 6.45) is 6.06. The number of aryl methyl sites for hydroxylation is 1. The summed E-state index contributed by atoms with van der Waals surface area (Å²) in [7, 11) is 0. The van der Waals surface area contributed by atoms with Crippen LogP contribution in [0.2, 0.25) is 0 Å².